The molecule has 1 amide bonds. The normalized spacial score (nSPS) is 10.7. The van der Waals surface area contributed by atoms with Crippen LogP contribution >= 0.6 is 0 Å². The molecule has 140 valence electrons. The molecule has 0 aliphatic heterocycles. The van der Waals surface area contributed by atoms with E-state index in [1.165, 1.54) is 12.3 Å². The van der Waals surface area contributed by atoms with Crippen molar-refractivity contribution in [3.05, 3.63) is 57.5 Å². The zero-order chi connectivity index (χ0) is 19.1. The molecule has 6 nitrogen and oxygen atoms in total. The molecule has 0 fully saturated rings. The number of benzene rings is 1. The Labute approximate surface area is 153 Å². The van der Waals surface area contributed by atoms with Crippen molar-refractivity contribution in [2.75, 3.05) is 13.2 Å². The second kappa shape index (κ2) is 9.08. The van der Waals surface area contributed by atoms with Crippen molar-refractivity contribution in [3.8, 4) is 11.5 Å². The summed E-state index contributed by atoms with van der Waals surface area (Å²) in [5.74, 6) is 1.09. The number of para-hydroxylation sites is 1. The van der Waals surface area contributed by atoms with E-state index in [1.807, 2.05) is 45.9 Å². The molecule has 0 aliphatic carbocycles. The third kappa shape index (κ3) is 5.65. The number of rotatable bonds is 8. The van der Waals surface area contributed by atoms with E-state index in [0.717, 1.165) is 16.9 Å². The van der Waals surface area contributed by atoms with Gasteiger partial charge in [-0.15, -0.1) is 0 Å². The van der Waals surface area contributed by atoms with E-state index >= 15 is 0 Å². The van der Waals surface area contributed by atoms with E-state index in [-0.39, 0.29) is 30.2 Å². The molecule has 0 aliphatic rings. The number of aryl methyl sites for hydroxylation is 2. The van der Waals surface area contributed by atoms with Gasteiger partial charge >= 0.3 is 0 Å². The third-order valence-corrected chi connectivity index (χ3v) is 3.74. The Bertz CT molecular complexity index is 791. The molecule has 26 heavy (non-hydrogen) atoms. The lowest BCUT2D eigenvalue weighted by atomic mass is 10.1. The molecule has 2 N–H and O–H groups in total. The van der Waals surface area contributed by atoms with Gasteiger partial charge in [0.25, 0.3) is 5.91 Å². The van der Waals surface area contributed by atoms with E-state index in [0.29, 0.717) is 18.2 Å². The number of hydrogen-bond donors (Lipinski definition) is 2. The average Bonchev–Trinajstić information content (AvgIpc) is 2.58. The smallest absolute Gasteiger partial charge is 0.258 e. The fourth-order valence-corrected chi connectivity index (χ4v) is 2.38. The summed E-state index contributed by atoms with van der Waals surface area (Å²) in [5.41, 5.74) is 2.37. The highest BCUT2D eigenvalue weighted by molar-refractivity contribution is 5.77. The minimum atomic E-state index is -0.256. The largest absolute Gasteiger partial charge is 0.488 e. The van der Waals surface area contributed by atoms with Crippen molar-refractivity contribution in [2.24, 2.45) is 5.92 Å². The third-order valence-electron chi connectivity index (χ3n) is 3.74. The van der Waals surface area contributed by atoms with Crippen LogP contribution in [0.25, 0.3) is 0 Å². The zero-order valence-corrected chi connectivity index (χ0v) is 15.7. The van der Waals surface area contributed by atoms with Crippen LogP contribution in [0.15, 0.2) is 35.3 Å². The number of carbonyl (C=O) groups excluding carboxylic acids is 1. The van der Waals surface area contributed by atoms with E-state index < -0.39 is 0 Å². The van der Waals surface area contributed by atoms with Crippen molar-refractivity contribution in [1.82, 2.24) is 10.3 Å². The molecule has 1 aromatic carbocycles. The topological polar surface area (TPSA) is 80.4 Å². The van der Waals surface area contributed by atoms with Crippen molar-refractivity contribution >= 4 is 5.91 Å². The molecule has 1 heterocycles. The van der Waals surface area contributed by atoms with Gasteiger partial charge in [0, 0.05) is 18.0 Å². The Morgan fingerprint density at radius 3 is 2.50 bits per heavy atom. The van der Waals surface area contributed by atoms with Crippen LogP contribution in [0.2, 0.25) is 0 Å². The summed E-state index contributed by atoms with van der Waals surface area (Å²) in [6, 6.07) is 7.26. The maximum absolute atomic E-state index is 12.0. The van der Waals surface area contributed by atoms with Crippen LogP contribution in [-0.2, 0) is 11.3 Å². The van der Waals surface area contributed by atoms with Crippen LogP contribution in [0, 0.1) is 19.8 Å². The molecule has 0 saturated heterocycles. The molecule has 0 saturated carbocycles. The van der Waals surface area contributed by atoms with Gasteiger partial charge in [0.15, 0.2) is 12.4 Å². The summed E-state index contributed by atoms with van der Waals surface area (Å²) in [5, 5.41) is 2.73. The lowest BCUT2D eigenvalue weighted by Crippen LogP contribution is -2.29. The molecule has 0 spiro atoms. The maximum Gasteiger partial charge on any atom is 0.258 e. The van der Waals surface area contributed by atoms with Gasteiger partial charge in [-0.05, 0) is 30.9 Å². The zero-order valence-electron chi connectivity index (χ0n) is 15.7. The highest BCUT2D eigenvalue weighted by Crippen LogP contribution is 2.21. The molecule has 2 rings (SSSR count). The van der Waals surface area contributed by atoms with E-state index in [9.17, 15) is 9.59 Å². The molecule has 1 aromatic heterocycles. The van der Waals surface area contributed by atoms with Gasteiger partial charge in [-0.2, -0.15) is 0 Å². The average molecular weight is 358 g/mol. The SMILES string of the molecule is Cc1cccc(C)c1OCC(=O)NCc1cc(=O)c(OCC(C)C)c[nH]1. The number of aromatic amines is 1. The van der Waals surface area contributed by atoms with Gasteiger partial charge in [-0.3, -0.25) is 9.59 Å². The number of amides is 1. The summed E-state index contributed by atoms with van der Waals surface area (Å²) >= 11 is 0. The van der Waals surface area contributed by atoms with Gasteiger partial charge in [-0.25, -0.2) is 0 Å². The maximum atomic E-state index is 12.0. The number of H-pyrrole nitrogens is 1. The standard InChI is InChI=1S/C20H26N2O4/c1-13(2)11-25-18-10-21-16(8-17(18)23)9-22-19(24)12-26-20-14(3)6-5-7-15(20)4/h5-8,10,13H,9,11-12H2,1-4H3,(H,21,23)(H,22,24). The second-order valence-corrected chi connectivity index (χ2v) is 6.68. The van der Waals surface area contributed by atoms with Crippen molar-refractivity contribution in [3.63, 3.8) is 0 Å². The number of hydrogen-bond acceptors (Lipinski definition) is 4. The monoisotopic (exact) mass is 358 g/mol. The van der Waals surface area contributed by atoms with Gasteiger partial charge in [0.05, 0.1) is 13.2 Å². The number of ether oxygens (including phenoxy) is 2. The van der Waals surface area contributed by atoms with Gasteiger partial charge < -0.3 is 19.8 Å². The first-order valence-electron chi connectivity index (χ1n) is 8.67. The Balaban J connectivity index is 1.85. The van der Waals surface area contributed by atoms with Crippen LogP contribution in [0.3, 0.4) is 0 Å². The number of pyridine rings is 1. The molecule has 0 atom stereocenters. The molecular weight excluding hydrogens is 332 g/mol. The summed E-state index contributed by atoms with van der Waals surface area (Å²) in [7, 11) is 0. The second-order valence-electron chi connectivity index (χ2n) is 6.68. The Morgan fingerprint density at radius 2 is 1.88 bits per heavy atom. The fourth-order valence-electron chi connectivity index (χ4n) is 2.38. The Morgan fingerprint density at radius 1 is 1.19 bits per heavy atom. The summed E-state index contributed by atoms with van der Waals surface area (Å²) in [6.45, 7) is 8.52. The highest BCUT2D eigenvalue weighted by atomic mass is 16.5. The predicted octanol–water partition coefficient (Wildman–Crippen LogP) is 2.72. The fraction of sp³-hybridized carbons (Fsp3) is 0.400. The van der Waals surface area contributed by atoms with Crippen LogP contribution in [0.5, 0.6) is 11.5 Å². The lowest BCUT2D eigenvalue weighted by Gasteiger charge is -2.12. The van der Waals surface area contributed by atoms with E-state index in [2.05, 4.69) is 10.3 Å². The molecular formula is C20H26N2O4. The first-order chi connectivity index (χ1) is 12.4. The molecule has 2 aromatic rings. The van der Waals surface area contributed by atoms with Crippen molar-refractivity contribution < 1.29 is 14.3 Å². The molecule has 6 heteroatoms. The van der Waals surface area contributed by atoms with E-state index in [4.69, 9.17) is 9.47 Å². The lowest BCUT2D eigenvalue weighted by molar-refractivity contribution is -0.123. The number of carbonyl (C=O) groups is 1. The summed E-state index contributed by atoms with van der Waals surface area (Å²) < 4.78 is 11.0. The quantitative estimate of drug-likeness (QED) is 0.760. The first kappa shape index (κ1) is 19.6. The molecule has 0 radical (unpaired) electrons. The molecule has 0 bridgehead atoms. The van der Waals surface area contributed by atoms with Gasteiger partial charge in [-0.1, -0.05) is 32.0 Å². The van der Waals surface area contributed by atoms with Crippen molar-refractivity contribution in [2.45, 2.75) is 34.2 Å². The van der Waals surface area contributed by atoms with E-state index in [1.54, 1.807) is 0 Å². The Hall–Kier alpha value is -2.76. The van der Waals surface area contributed by atoms with Crippen molar-refractivity contribution in [1.29, 1.82) is 0 Å². The van der Waals surface area contributed by atoms with Crippen LogP contribution in [0.4, 0.5) is 0 Å². The first-order valence-corrected chi connectivity index (χ1v) is 8.67. The van der Waals surface area contributed by atoms with Crippen LogP contribution in [0.1, 0.15) is 30.7 Å². The highest BCUT2D eigenvalue weighted by Gasteiger charge is 2.08. The summed E-state index contributed by atoms with van der Waals surface area (Å²) in [4.78, 5) is 27.0. The minimum absolute atomic E-state index is 0.0779. The molecule has 0 unspecified atom stereocenters. The van der Waals surface area contributed by atoms with Gasteiger partial charge in [0.1, 0.15) is 5.75 Å². The van der Waals surface area contributed by atoms with Gasteiger partial charge in [0.2, 0.25) is 5.43 Å². The Kier molecular flexibility index (Phi) is 6.83. The number of nitrogens with one attached hydrogen (secondary N) is 2. The predicted molar refractivity (Wildman–Crippen MR) is 101 cm³/mol. The number of aromatic nitrogens is 1. The summed E-state index contributed by atoms with van der Waals surface area (Å²) in [6.07, 6.45) is 1.53. The minimum Gasteiger partial charge on any atom is -0.488 e. The van der Waals surface area contributed by atoms with Crippen LogP contribution < -0.4 is 20.2 Å². The van der Waals surface area contributed by atoms with Crippen LogP contribution in [-0.4, -0.2) is 24.1 Å².